The second kappa shape index (κ2) is 6.16. The molecule has 1 heterocycles. The van der Waals surface area contributed by atoms with Crippen molar-refractivity contribution in [1.82, 2.24) is 9.47 Å². The van der Waals surface area contributed by atoms with E-state index in [1.165, 1.54) is 12.8 Å². The summed E-state index contributed by atoms with van der Waals surface area (Å²) in [6, 6.07) is 2.39. The van der Waals surface area contributed by atoms with E-state index in [0.29, 0.717) is 6.04 Å². The lowest BCUT2D eigenvalue weighted by atomic mass is 10.2. The SMILES string of the molecule is C=Cc1cc(C(=O)N(C)C)n(C2CCCC2)c1NCC. The fraction of sp³-hybridized carbons (Fsp3) is 0.562. The van der Waals surface area contributed by atoms with Crippen molar-refractivity contribution in [3.8, 4) is 0 Å². The van der Waals surface area contributed by atoms with Gasteiger partial charge in [-0.15, -0.1) is 0 Å². The van der Waals surface area contributed by atoms with Crippen LogP contribution in [0.25, 0.3) is 6.08 Å². The lowest BCUT2D eigenvalue weighted by Crippen LogP contribution is -2.26. The fourth-order valence-electron chi connectivity index (χ4n) is 2.99. The summed E-state index contributed by atoms with van der Waals surface area (Å²) in [5, 5.41) is 3.41. The van der Waals surface area contributed by atoms with Gasteiger partial charge in [-0.2, -0.15) is 0 Å². The highest BCUT2D eigenvalue weighted by Crippen LogP contribution is 2.36. The van der Waals surface area contributed by atoms with Crippen LogP contribution < -0.4 is 5.32 Å². The molecule has 0 radical (unpaired) electrons. The summed E-state index contributed by atoms with van der Waals surface area (Å²) in [7, 11) is 3.60. The Balaban J connectivity index is 2.53. The van der Waals surface area contributed by atoms with Crippen LogP contribution in [0.15, 0.2) is 12.6 Å². The Morgan fingerprint density at radius 1 is 1.50 bits per heavy atom. The van der Waals surface area contributed by atoms with Crippen molar-refractivity contribution in [2.75, 3.05) is 26.0 Å². The van der Waals surface area contributed by atoms with Gasteiger partial charge in [-0.1, -0.05) is 25.5 Å². The van der Waals surface area contributed by atoms with E-state index in [0.717, 1.165) is 36.5 Å². The summed E-state index contributed by atoms with van der Waals surface area (Å²) in [5.74, 6) is 1.10. The lowest BCUT2D eigenvalue weighted by molar-refractivity contribution is 0.0815. The van der Waals surface area contributed by atoms with Gasteiger partial charge in [0.25, 0.3) is 5.91 Å². The first-order valence-electron chi connectivity index (χ1n) is 7.43. The monoisotopic (exact) mass is 275 g/mol. The van der Waals surface area contributed by atoms with Crippen LogP contribution in [-0.2, 0) is 0 Å². The lowest BCUT2D eigenvalue weighted by Gasteiger charge is -2.21. The average molecular weight is 275 g/mol. The van der Waals surface area contributed by atoms with Crippen LogP contribution in [-0.4, -0.2) is 36.0 Å². The summed E-state index contributed by atoms with van der Waals surface area (Å²) in [6.07, 6.45) is 6.62. The fourth-order valence-corrected chi connectivity index (χ4v) is 2.99. The number of carbonyl (C=O) groups excluding carboxylic acids is 1. The maximum absolute atomic E-state index is 12.5. The van der Waals surface area contributed by atoms with Gasteiger partial charge in [-0.25, -0.2) is 0 Å². The molecule has 0 unspecified atom stereocenters. The predicted octanol–water partition coefficient (Wildman–Crippen LogP) is 3.38. The molecule has 1 aliphatic carbocycles. The Labute approximate surface area is 121 Å². The van der Waals surface area contributed by atoms with Crippen LogP contribution >= 0.6 is 0 Å². The first-order chi connectivity index (χ1) is 9.60. The quantitative estimate of drug-likeness (QED) is 0.894. The molecule has 1 aromatic rings. The van der Waals surface area contributed by atoms with Crippen molar-refractivity contribution < 1.29 is 4.79 Å². The van der Waals surface area contributed by atoms with Crippen LogP contribution in [0.4, 0.5) is 5.82 Å². The van der Waals surface area contributed by atoms with Crippen LogP contribution in [0.2, 0.25) is 0 Å². The topological polar surface area (TPSA) is 37.3 Å². The smallest absolute Gasteiger partial charge is 0.270 e. The summed E-state index contributed by atoms with van der Waals surface area (Å²) in [4.78, 5) is 14.1. The van der Waals surface area contributed by atoms with Crippen LogP contribution in [0.3, 0.4) is 0 Å². The second-order valence-electron chi connectivity index (χ2n) is 5.58. The van der Waals surface area contributed by atoms with E-state index in [-0.39, 0.29) is 5.91 Å². The zero-order chi connectivity index (χ0) is 14.7. The average Bonchev–Trinajstić information content (AvgIpc) is 3.04. The molecular formula is C16H25N3O. The number of carbonyl (C=O) groups is 1. The number of aromatic nitrogens is 1. The Bertz CT molecular complexity index is 496. The number of nitrogens with one attached hydrogen (secondary N) is 1. The van der Waals surface area contributed by atoms with E-state index in [1.807, 2.05) is 12.1 Å². The van der Waals surface area contributed by atoms with Gasteiger partial charge in [-0.3, -0.25) is 4.79 Å². The van der Waals surface area contributed by atoms with Gasteiger partial charge < -0.3 is 14.8 Å². The van der Waals surface area contributed by atoms with E-state index in [4.69, 9.17) is 0 Å². The first kappa shape index (κ1) is 14.7. The molecule has 0 atom stereocenters. The van der Waals surface area contributed by atoms with Gasteiger partial charge in [0.15, 0.2) is 0 Å². The van der Waals surface area contributed by atoms with E-state index in [9.17, 15) is 4.79 Å². The molecule has 110 valence electrons. The molecule has 1 saturated carbocycles. The third kappa shape index (κ3) is 2.60. The van der Waals surface area contributed by atoms with Crippen molar-refractivity contribution in [2.45, 2.75) is 38.6 Å². The van der Waals surface area contributed by atoms with E-state index in [1.54, 1.807) is 19.0 Å². The summed E-state index contributed by atoms with van der Waals surface area (Å²) >= 11 is 0. The minimum Gasteiger partial charge on any atom is -0.371 e. The van der Waals surface area contributed by atoms with Gasteiger partial charge in [0, 0.05) is 32.2 Å². The molecule has 0 spiro atoms. The molecule has 2 rings (SSSR count). The van der Waals surface area contributed by atoms with Crippen molar-refractivity contribution >= 4 is 17.8 Å². The molecule has 0 aromatic carbocycles. The predicted molar refractivity (Wildman–Crippen MR) is 84.2 cm³/mol. The van der Waals surface area contributed by atoms with Crippen molar-refractivity contribution in [1.29, 1.82) is 0 Å². The molecule has 0 bridgehead atoms. The number of hydrogen-bond acceptors (Lipinski definition) is 2. The Morgan fingerprint density at radius 3 is 2.65 bits per heavy atom. The first-order valence-corrected chi connectivity index (χ1v) is 7.43. The highest BCUT2D eigenvalue weighted by molar-refractivity contribution is 5.94. The van der Waals surface area contributed by atoms with Crippen LogP contribution in [0, 0.1) is 0 Å². The maximum atomic E-state index is 12.5. The normalized spacial score (nSPS) is 15.3. The third-order valence-electron chi connectivity index (χ3n) is 3.95. The zero-order valence-electron chi connectivity index (χ0n) is 12.8. The van der Waals surface area contributed by atoms with Gasteiger partial charge in [0.05, 0.1) is 0 Å². The molecule has 4 heteroatoms. The summed E-state index contributed by atoms with van der Waals surface area (Å²) < 4.78 is 2.20. The molecule has 0 aliphatic heterocycles. The second-order valence-corrected chi connectivity index (χ2v) is 5.58. The molecule has 1 aliphatic rings. The minimum absolute atomic E-state index is 0.0594. The van der Waals surface area contributed by atoms with Crippen LogP contribution in [0.1, 0.15) is 54.7 Å². The number of rotatable bonds is 5. The Kier molecular flexibility index (Phi) is 4.53. The maximum Gasteiger partial charge on any atom is 0.270 e. The molecule has 1 fully saturated rings. The van der Waals surface area contributed by atoms with Gasteiger partial charge in [0.1, 0.15) is 11.5 Å². The number of hydrogen-bond donors (Lipinski definition) is 1. The molecule has 4 nitrogen and oxygen atoms in total. The third-order valence-corrected chi connectivity index (χ3v) is 3.95. The van der Waals surface area contributed by atoms with Gasteiger partial charge in [-0.05, 0) is 25.8 Å². The highest BCUT2D eigenvalue weighted by Gasteiger charge is 2.27. The molecule has 1 aromatic heterocycles. The highest BCUT2D eigenvalue weighted by atomic mass is 16.2. The van der Waals surface area contributed by atoms with E-state index in [2.05, 4.69) is 23.4 Å². The molecular weight excluding hydrogens is 250 g/mol. The van der Waals surface area contributed by atoms with Crippen molar-refractivity contribution in [3.63, 3.8) is 0 Å². The van der Waals surface area contributed by atoms with E-state index < -0.39 is 0 Å². The number of amides is 1. The van der Waals surface area contributed by atoms with Crippen LogP contribution in [0.5, 0.6) is 0 Å². The Hall–Kier alpha value is -1.71. The van der Waals surface area contributed by atoms with Gasteiger partial charge in [0.2, 0.25) is 0 Å². The van der Waals surface area contributed by atoms with Crippen molar-refractivity contribution in [2.24, 2.45) is 0 Å². The standard InChI is InChI=1S/C16H25N3O/c1-5-12-11-14(16(20)18(3)4)19(15(12)17-6-2)13-9-7-8-10-13/h5,11,13,17H,1,6-10H2,2-4H3. The summed E-state index contributed by atoms with van der Waals surface area (Å²) in [5.41, 5.74) is 1.79. The number of nitrogens with zero attached hydrogens (tertiary/aromatic N) is 2. The van der Waals surface area contributed by atoms with Crippen molar-refractivity contribution in [3.05, 3.63) is 23.9 Å². The molecule has 0 saturated heterocycles. The molecule has 1 amide bonds. The Morgan fingerprint density at radius 2 is 2.15 bits per heavy atom. The number of anilines is 1. The van der Waals surface area contributed by atoms with E-state index >= 15 is 0 Å². The molecule has 1 N–H and O–H groups in total. The summed E-state index contributed by atoms with van der Waals surface area (Å²) in [6.45, 7) is 6.80. The van der Waals surface area contributed by atoms with Gasteiger partial charge >= 0.3 is 0 Å². The minimum atomic E-state index is 0.0594. The largest absolute Gasteiger partial charge is 0.371 e. The molecule has 20 heavy (non-hydrogen) atoms. The zero-order valence-corrected chi connectivity index (χ0v) is 12.8.